The molecule has 1 fully saturated rings. The van der Waals surface area contributed by atoms with E-state index in [1.807, 2.05) is 77.7 Å². The van der Waals surface area contributed by atoms with Gasteiger partial charge in [0.1, 0.15) is 5.75 Å². The van der Waals surface area contributed by atoms with Gasteiger partial charge in [-0.1, -0.05) is 60.7 Å². The zero-order valence-electron chi connectivity index (χ0n) is 15.8. The number of methoxy groups -OCH3 is 1. The molecule has 0 spiro atoms. The number of rotatable bonds is 7. The van der Waals surface area contributed by atoms with Crippen molar-refractivity contribution in [3.05, 3.63) is 96.1 Å². The van der Waals surface area contributed by atoms with Crippen LogP contribution in [0.25, 0.3) is 0 Å². The summed E-state index contributed by atoms with van der Waals surface area (Å²) in [4.78, 5) is 14.7. The van der Waals surface area contributed by atoms with Crippen molar-refractivity contribution in [1.82, 2.24) is 0 Å². The van der Waals surface area contributed by atoms with Gasteiger partial charge in [-0.2, -0.15) is 0 Å². The lowest BCUT2D eigenvalue weighted by atomic mass is 9.90. The summed E-state index contributed by atoms with van der Waals surface area (Å²) in [6.45, 7) is 0.430. The van der Waals surface area contributed by atoms with E-state index in [9.17, 15) is 4.79 Å². The van der Waals surface area contributed by atoms with Crippen LogP contribution in [0.5, 0.6) is 5.75 Å². The minimum Gasteiger partial charge on any atom is -0.497 e. The van der Waals surface area contributed by atoms with Gasteiger partial charge in [0.05, 0.1) is 19.8 Å². The molecule has 0 aliphatic carbocycles. The summed E-state index contributed by atoms with van der Waals surface area (Å²) in [5, 5.41) is 0. The van der Waals surface area contributed by atoms with Crippen LogP contribution in [-0.4, -0.2) is 25.2 Å². The van der Waals surface area contributed by atoms with Crippen molar-refractivity contribution < 1.29 is 14.3 Å². The van der Waals surface area contributed by atoms with Crippen LogP contribution in [0.4, 0.5) is 5.69 Å². The molecule has 0 saturated carbocycles. The molecule has 3 aromatic rings. The molecule has 2 atom stereocenters. The Morgan fingerprint density at radius 3 is 2.04 bits per heavy atom. The Kier molecular flexibility index (Phi) is 5.40. The van der Waals surface area contributed by atoms with Crippen molar-refractivity contribution >= 4 is 11.6 Å². The predicted octanol–water partition coefficient (Wildman–Crippen LogP) is 4.24. The summed E-state index contributed by atoms with van der Waals surface area (Å²) in [5.74, 6) is 0.773. The van der Waals surface area contributed by atoms with Gasteiger partial charge < -0.3 is 14.4 Å². The first kappa shape index (κ1) is 18.3. The lowest BCUT2D eigenvalue weighted by Gasteiger charge is -2.46. The van der Waals surface area contributed by atoms with Crippen LogP contribution >= 0.6 is 0 Å². The van der Waals surface area contributed by atoms with Crippen molar-refractivity contribution in [3.63, 3.8) is 0 Å². The maximum Gasteiger partial charge on any atom is 0.258 e. The van der Waals surface area contributed by atoms with Crippen LogP contribution in [0.15, 0.2) is 84.9 Å². The summed E-state index contributed by atoms with van der Waals surface area (Å²) in [6, 6.07) is 27.7. The summed E-state index contributed by atoms with van der Waals surface area (Å²) < 4.78 is 11.3. The maximum absolute atomic E-state index is 12.9. The molecule has 1 heterocycles. The van der Waals surface area contributed by atoms with Gasteiger partial charge in [-0.15, -0.1) is 0 Å². The van der Waals surface area contributed by atoms with E-state index in [0.29, 0.717) is 6.61 Å². The second kappa shape index (κ2) is 8.28. The first-order valence-corrected chi connectivity index (χ1v) is 9.43. The standard InChI is InChI=1S/C24H23NO3/c1-27-21-14-12-20(13-15-21)25-22(16-18-8-4-2-5-9-18)23(24(25)26)28-17-19-10-6-3-7-11-19/h2-15,22-23H,16-17H2,1H3/t22-,23+/m1/s1. The molecule has 1 saturated heterocycles. The quantitative estimate of drug-likeness (QED) is 0.582. The Morgan fingerprint density at radius 2 is 1.43 bits per heavy atom. The number of β-lactam (4-membered cyclic amide) rings is 1. The van der Waals surface area contributed by atoms with Crippen molar-refractivity contribution in [2.24, 2.45) is 0 Å². The van der Waals surface area contributed by atoms with E-state index in [-0.39, 0.29) is 11.9 Å². The van der Waals surface area contributed by atoms with Gasteiger partial charge in [0.25, 0.3) is 5.91 Å². The molecule has 4 rings (SSSR count). The molecule has 0 N–H and O–H groups in total. The second-order valence-electron chi connectivity index (χ2n) is 6.88. The number of ether oxygens (including phenoxy) is 2. The lowest BCUT2D eigenvalue weighted by Crippen LogP contribution is -2.67. The number of benzene rings is 3. The SMILES string of the molecule is COc1ccc(N2C(=O)[C@@H](OCc3ccccc3)[C@H]2Cc2ccccc2)cc1. The Bertz CT molecular complexity index is 910. The average molecular weight is 373 g/mol. The predicted molar refractivity (Wildman–Crippen MR) is 109 cm³/mol. The minimum absolute atomic E-state index is 0.00188. The van der Waals surface area contributed by atoms with Crippen LogP contribution in [0, 0.1) is 0 Å². The first-order chi connectivity index (χ1) is 13.8. The highest BCUT2D eigenvalue weighted by molar-refractivity contribution is 6.05. The first-order valence-electron chi connectivity index (χ1n) is 9.43. The molecule has 4 nitrogen and oxygen atoms in total. The van der Waals surface area contributed by atoms with Crippen LogP contribution in [-0.2, 0) is 22.6 Å². The van der Waals surface area contributed by atoms with Crippen LogP contribution in [0.1, 0.15) is 11.1 Å². The van der Waals surface area contributed by atoms with E-state index in [4.69, 9.17) is 9.47 Å². The Hall–Kier alpha value is -3.11. The van der Waals surface area contributed by atoms with Gasteiger partial charge in [-0.25, -0.2) is 0 Å². The van der Waals surface area contributed by atoms with Crippen LogP contribution in [0.2, 0.25) is 0 Å². The van der Waals surface area contributed by atoms with E-state index in [1.54, 1.807) is 7.11 Å². The van der Waals surface area contributed by atoms with Crippen LogP contribution < -0.4 is 9.64 Å². The average Bonchev–Trinajstić information content (AvgIpc) is 2.75. The van der Waals surface area contributed by atoms with Gasteiger partial charge in [0.2, 0.25) is 0 Å². The number of carbonyl (C=O) groups excluding carboxylic acids is 1. The lowest BCUT2D eigenvalue weighted by molar-refractivity contribution is -0.143. The third-order valence-electron chi connectivity index (χ3n) is 5.07. The Morgan fingerprint density at radius 1 is 0.821 bits per heavy atom. The summed E-state index contributed by atoms with van der Waals surface area (Å²) in [5.41, 5.74) is 3.12. The highest BCUT2D eigenvalue weighted by atomic mass is 16.5. The zero-order chi connectivity index (χ0) is 19.3. The molecule has 0 aromatic heterocycles. The molecular weight excluding hydrogens is 350 g/mol. The van der Waals surface area contributed by atoms with Crippen molar-refractivity contribution in [2.75, 3.05) is 12.0 Å². The number of amides is 1. The molecule has 1 aliphatic heterocycles. The molecule has 28 heavy (non-hydrogen) atoms. The smallest absolute Gasteiger partial charge is 0.258 e. The number of carbonyl (C=O) groups is 1. The summed E-state index contributed by atoms with van der Waals surface area (Å²) >= 11 is 0. The maximum atomic E-state index is 12.9. The van der Waals surface area contributed by atoms with Crippen molar-refractivity contribution in [3.8, 4) is 5.75 Å². The normalized spacial score (nSPS) is 18.6. The van der Waals surface area contributed by atoms with E-state index in [0.717, 1.165) is 23.4 Å². The molecule has 1 amide bonds. The van der Waals surface area contributed by atoms with Gasteiger partial charge in [-0.05, 0) is 41.8 Å². The van der Waals surface area contributed by atoms with Gasteiger partial charge in [-0.3, -0.25) is 4.79 Å². The number of hydrogen-bond acceptors (Lipinski definition) is 3. The molecule has 4 heteroatoms. The summed E-state index contributed by atoms with van der Waals surface area (Å²) in [7, 11) is 1.63. The highest BCUT2D eigenvalue weighted by Gasteiger charge is 2.48. The van der Waals surface area contributed by atoms with E-state index >= 15 is 0 Å². The van der Waals surface area contributed by atoms with Gasteiger partial charge in [0.15, 0.2) is 6.10 Å². The molecule has 142 valence electrons. The fourth-order valence-electron chi connectivity index (χ4n) is 3.58. The third-order valence-corrected chi connectivity index (χ3v) is 5.07. The molecule has 3 aromatic carbocycles. The van der Waals surface area contributed by atoms with E-state index < -0.39 is 6.10 Å². The molecule has 0 unspecified atom stereocenters. The molecule has 0 radical (unpaired) electrons. The second-order valence-corrected chi connectivity index (χ2v) is 6.88. The van der Waals surface area contributed by atoms with Crippen molar-refractivity contribution in [1.29, 1.82) is 0 Å². The molecule has 0 bridgehead atoms. The Labute approximate surface area is 165 Å². The fraction of sp³-hybridized carbons (Fsp3) is 0.208. The number of anilines is 1. The van der Waals surface area contributed by atoms with Crippen LogP contribution in [0.3, 0.4) is 0 Å². The fourth-order valence-corrected chi connectivity index (χ4v) is 3.58. The van der Waals surface area contributed by atoms with Gasteiger partial charge >= 0.3 is 0 Å². The minimum atomic E-state index is -0.442. The third kappa shape index (κ3) is 3.78. The molecule has 1 aliphatic rings. The topological polar surface area (TPSA) is 38.8 Å². The zero-order valence-corrected chi connectivity index (χ0v) is 15.8. The summed E-state index contributed by atoms with van der Waals surface area (Å²) in [6.07, 6.45) is 0.306. The highest BCUT2D eigenvalue weighted by Crippen LogP contribution is 2.33. The van der Waals surface area contributed by atoms with E-state index in [1.165, 1.54) is 5.56 Å². The van der Waals surface area contributed by atoms with Crippen molar-refractivity contribution in [2.45, 2.75) is 25.2 Å². The number of hydrogen-bond donors (Lipinski definition) is 0. The molecular formula is C24H23NO3. The van der Waals surface area contributed by atoms with Gasteiger partial charge in [0, 0.05) is 5.69 Å². The largest absolute Gasteiger partial charge is 0.497 e. The van der Waals surface area contributed by atoms with E-state index in [2.05, 4.69) is 12.1 Å². The monoisotopic (exact) mass is 373 g/mol. The number of nitrogens with zero attached hydrogens (tertiary/aromatic N) is 1. The Balaban J connectivity index is 1.54.